The molecule has 90 valence electrons. The van der Waals surface area contributed by atoms with E-state index in [-0.39, 0.29) is 0 Å². The van der Waals surface area contributed by atoms with Crippen molar-refractivity contribution in [3.05, 3.63) is 23.8 Å². The van der Waals surface area contributed by atoms with Crippen LogP contribution in [-0.4, -0.2) is 12.6 Å². The number of piperidine rings is 1. The van der Waals surface area contributed by atoms with E-state index in [0.29, 0.717) is 11.6 Å². The predicted molar refractivity (Wildman–Crippen MR) is 70.8 cm³/mol. The molecule has 1 fully saturated rings. The topological polar surface area (TPSA) is 53.0 Å². The molecule has 1 saturated heterocycles. The highest BCUT2D eigenvalue weighted by Crippen LogP contribution is 2.32. The van der Waals surface area contributed by atoms with Gasteiger partial charge in [0, 0.05) is 12.6 Å². The molecule has 1 aromatic carbocycles. The maximum atomic E-state index is 8.95. The second kappa shape index (κ2) is 4.67. The van der Waals surface area contributed by atoms with Gasteiger partial charge in [-0.3, -0.25) is 0 Å². The highest BCUT2D eigenvalue weighted by atomic mass is 15.2. The number of nitriles is 1. The third-order valence-corrected chi connectivity index (χ3v) is 3.61. The maximum absolute atomic E-state index is 8.95. The minimum Gasteiger partial charge on any atom is -0.397 e. The van der Waals surface area contributed by atoms with E-state index in [1.807, 2.05) is 12.1 Å². The van der Waals surface area contributed by atoms with Crippen LogP contribution < -0.4 is 10.6 Å². The summed E-state index contributed by atoms with van der Waals surface area (Å²) in [7, 11) is 0. The average molecular weight is 229 g/mol. The van der Waals surface area contributed by atoms with Gasteiger partial charge in [0.25, 0.3) is 0 Å². The van der Waals surface area contributed by atoms with Crippen LogP contribution in [0.25, 0.3) is 0 Å². The molecule has 3 nitrogen and oxygen atoms in total. The van der Waals surface area contributed by atoms with Crippen LogP contribution in [0.15, 0.2) is 18.2 Å². The summed E-state index contributed by atoms with van der Waals surface area (Å²) in [5.41, 5.74) is 8.49. The average Bonchev–Trinajstić information content (AvgIpc) is 2.30. The molecule has 2 rings (SSSR count). The number of nitrogen functional groups attached to an aromatic ring is 1. The van der Waals surface area contributed by atoms with Crippen molar-refractivity contribution in [1.29, 1.82) is 5.26 Å². The van der Waals surface area contributed by atoms with Crippen LogP contribution in [0.3, 0.4) is 0 Å². The summed E-state index contributed by atoms with van der Waals surface area (Å²) in [5.74, 6) is 0.779. The summed E-state index contributed by atoms with van der Waals surface area (Å²) < 4.78 is 0. The van der Waals surface area contributed by atoms with Gasteiger partial charge in [0.1, 0.15) is 0 Å². The van der Waals surface area contributed by atoms with Crippen molar-refractivity contribution in [2.45, 2.75) is 32.7 Å². The quantitative estimate of drug-likeness (QED) is 0.753. The number of hydrogen-bond acceptors (Lipinski definition) is 3. The zero-order valence-corrected chi connectivity index (χ0v) is 10.5. The zero-order chi connectivity index (χ0) is 12.4. The number of rotatable bonds is 1. The van der Waals surface area contributed by atoms with Crippen molar-refractivity contribution in [2.75, 3.05) is 17.2 Å². The third-order valence-electron chi connectivity index (χ3n) is 3.61. The van der Waals surface area contributed by atoms with Gasteiger partial charge in [0.05, 0.1) is 23.0 Å². The highest BCUT2D eigenvalue weighted by molar-refractivity contribution is 5.70. The summed E-state index contributed by atoms with van der Waals surface area (Å²) in [4.78, 5) is 2.33. The first kappa shape index (κ1) is 11.8. The monoisotopic (exact) mass is 229 g/mol. The van der Waals surface area contributed by atoms with Gasteiger partial charge in [-0.05, 0) is 43.9 Å². The lowest BCUT2D eigenvalue weighted by atomic mass is 9.92. The van der Waals surface area contributed by atoms with E-state index in [2.05, 4.69) is 24.8 Å². The summed E-state index contributed by atoms with van der Waals surface area (Å²) in [5, 5.41) is 8.95. The number of nitrogens with two attached hydrogens (primary N) is 1. The molecule has 0 aromatic heterocycles. The van der Waals surface area contributed by atoms with Gasteiger partial charge in [-0.15, -0.1) is 0 Å². The second-order valence-electron chi connectivity index (χ2n) is 5.06. The minimum absolute atomic E-state index is 0.495. The molecule has 0 radical (unpaired) electrons. The Balaban J connectivity index is 2.30. The van der Waals surface area contributed by atoms with Crippen LogP contribution in [0.5, 0.6) is 0 Å². The van der Waals surface area contributed by atoms with Crippen molar-refractivity contribution in [1.82, 2.24) is 0 Å². The summed E-state index contributed by atoms with van der Waals surface area (Å²) in [6.07, 6.45) is 2.39. The molecule has 1 heterocycles. The normalized spacial score (nSPS) is 24.4. The first-order chi connectivity index (χ1) is 8.11. The van der Waals surface area contributed by atoms with E-state index in [4.69, 9.17) is 11.0 Å². The van der Waals surface area contributed by atoms with Crippen LogP contribution in [0.2, 0.25) is 0 Å². The molecule has 0 bridgehead atoms. The third kappa shape index (κ3) is 2.36. The van der Waals surface area contributed by atoms with Crippen LogP contribution >= 0.6 is 0 Å². The minimum atomic E-state index is 0.495. The molecule has 1 aliphatic rings. The fraction of sp³-hybridized carbons (Fsp3) is 0.500. The SMILES string of the molecule is CC1CCN(c2cc(C#N)ccc2N)C(C)C1. The van der Waals surface area contributed by atoms with Crippen LogP contribution in [-0.2, 0) is 0 Å². The van der Waals surface area contributed by atoms with Crippen LogP contribution in [0, 0.1) is 17.2 Å². The highest BCUT2D eigenvalue weighted by Gasteiger charge is 2.24. The Hall–Kier alpha value is -1.69. The molecule has 2 unspecified atom stereocenters. The van der Waals surface area contributed by atoms with Crippen LogP contribution in [0.4, 0.5) is 11.4 Å². The molecule has 3 heteroatoms. The Morgan fingerprint density at radius 1 is 1.41 bits per heavy atom. The Labute approximate surface area is 103 Å². The lowest BCUT2D eigenvalue weighted by Gasteiger charge is -2.38. The molecule has 0 spiro atoms. The van der Waals surface area contributed by atoms with E-state index in [0.717, 1.165) is 23.8 Å². The van der Waals surface area contributed by atoms with Crippen molar-refractivity contribution >= 4 is 11.4 Å². The lowest BCUT2D eigenvalue weighted by molar-refractivity contribution is 0.378. The van der Waals surface area contributed by atoms with Gasteiger partial charge < -0.3 is 10.6 Å². The van der Waals surface area contributed by atoms with E-state index < -0.39 is 0 Å². The van der Waals surface area contributed by atoms with E-state index in [1.165, 1.54) is 12.8 Å². The standard InChI is InChI=1S/C14H19N3/c1-10-5-6-17(11(2)7-10)14-8-12(9-15)3-4-13(14)16/h3-4,8,10-11H,5-7,16H2,1-2H3. The molecule has 0 saturated carbocycles. The number of anilines is 2. The van der Waals surface area contributed by atoms with Gasteiger partial charge in [-0.25, -0.2) is 0 Å². The predicted octanol–water partition coefficient (Wildman–Crippen LogP) is 2.77. The van der Waals surface area contributed by atoms with Gasteiger partial charge in [-0.2, -0.15) is 5.26 Å². The molecule has 17 heavy (non-hydrogen) atoms. The number of nitrogens with zero attached hydrogens (tertiary/aromatic N) is 2. The fourth-order valence-electron chi connectivity index (χ4n) is 2.63. The zero-order valence-electron chi connectivity index (χ0n) is 10.5. The fourth-order valence-corrected chi connectivity index (χ4v) is 2.63. The number of hydrogen-bond donors (Lipinski definition) is 1. The molecule has 2 atom stereocenters. The van der Waals surface area contributed by atoms with Crippen LogP contribution in [0.1, 0.15) is 32.3 Å². The van der Waals surface area contributed by atoms with E-state index in [9.17, 15) is 0 Å². The Bertz CT molecular complexity index is 447. The maximum Gasteiger partial charge on any atom is 0.0992 e. The van der Waals surface area contributed by atoms with E-state index >= 15 is 0 Å². The van der Waals surface area contributed by atoms with Gasteiger partial charge in [0.2, 0.25) is 0 Å². The van der Waals surface area contributed by atoms with Crippen molar-refractivity contribution in [3.63, 3.8) is 0 Å². The summed E-state index contributed by atoms with van der Waals surface area (Å²) in [6.45, 7) is 5.55. The molecular weight excluding hydrogens is 210 g/mol. The first-order valence-electron chi connectivity index (χ1n) is 6.18. The largest absolute Gasteiger partial charge is 0.397 e. The van der Waals surface area contributed by atoms with Crippen molar-refractivity contribution in [2.24, 2.45) is 5.92 Å². The Morgan fingerprint density at radius 2 is 2.18 bits per heavy atom. The Morgan fingerprint density at radius 3 is 2.82 bits per heavy atom. The molecule has 1 aromatic rings. The molecule has 0 aliphatic carbocycles. The Kier molecular flexibility index (Phi) is 3.23. The number of benzene rings is 1. The molecular formula is C14H19N3. The molecule has 0 amide bonds. The summed E-state index contributed by atoms with van der Waals surface area (Å²) >= 11 is 0. The summed E-state index contributed by atoms with van der Waals surface area (Å²) in [6, 6.07) is 8.18. The van der Waals surface area contributed by atoms with Gasteiger partial charge in [-0.1, -0.05) is 6.92 Å². The van der Waals surface area contributed by atoms with Gasteiger partial charge >= 0.3 is 0 Å². The van der Waals surface area contributed by atoms with E-state index in [1.54, 1.807) is 6.07 Å². The lowest BCUT2D eigenvalue weighted by Crippen LogP contribution is -2.40. The van der Waals surface area contributed by atoms with Gasteiger partial charge in [0.15, 0.2) is 0 Å². The molecule has 2 N–H and O–H groups in total. The van der Waals surface area contributed by atoms with Crippen molar-refractivity contribution in [3.8, 4) is 6.07 Å². The molecule has 1 aliphatic heterocycles. The second-order valence-corrected chi connectivity index (χ2v) is 5.06. The smallest absolute Gasteiger partial charge is 0.0992 e. The van der Waals surface area contributed by atoms with Crippen molar-refractivity contribution < 1.29 is 0 Å². The first-order valence-corrected chi connectivity index (χ1v) is 6.18.